The number of carbonyl (C=O) groups is 2. The van der Waals surface area contributed by atoms with Gasteiger partial charge < -0.3 is 15.0 Å². The van der Waals surface area contributed by atoms with Gasteiger partial charge in [-0.15, -0.1) is 0 Å². The summed E-state index contributed by atoms with van der Waals surface area (Å²) in [6.07, 6.45) is -3.52. The van der Waals surface area contributed by atoms with Gasteiger partial charge in [0.05, 0.1) is 13.0 Å². The first-order valence-electron chi connectivity index (χ1n) is 9.39. The Morgan fingerprint density at radius 1 is 1.21 bits per heavy atom. The van der Waals surface area contributed by atoms with Gasteiger partial charge in [-0.3, -0.25) is 9.59 Å². The minimum atomic E-state index is -4.41. The molecule has 1 heterocycles. The number of halogens is 3. The maximum Gasteiger partial charge on any atom is 0.411 e. The van der Waals surface area contributed by atoms with Gasteiger partial charge in [0.25, 0.3) is 5.91 Å². The first-order valence-corrected chi connectivity index (χ1v) is 9.39. The Bertz CT molecular complexity index is 696. The van der Waals surface area contributed by atoms with Crippen LogP contribution in [-0.4, -0.2) is 49.2 Å². The molecule has 1 N–H and O–H groups in total. The molecule has 8 heteroatoms. The van der Waals surface area contributed by atoms with E-state index in [9.17, 15) is 22.8 Å². The highest BCUT2D eigenvalue weighted by molar-refractivity contribution is 5.97. The van der Waals surface area contributed by atoms with E-state index < -0.39 is 18.7 Å². The van der Waals surface area contributed by atoms with Crippen molar-refractivity contribution in [3.05, 3.63) is 29.3 Å². The summed E-state index contributed by atoms with van der Waals surface area (Å²) in [5.41, 5.74) is 1.72. The summed E-state index contributed by atoms with van der Waals surface area (Å²) in [7, 11) is 0. The molecule has 1 aromatic rings. The quantitative estimate of drug-likeness (QED) is 0.734. The number of hydrogen-bond donors (Lipinski definition) is 1. The fraction of sp³-hybridized carbons (Fsp3) is 0.600. The van der Waals surface area contributed by atoms with Gasteiger partial charge in [0, 0.05) is 24.3 Å². The van der Waals surface area contributed by atoms with Gasteiger partial charge in [-0.25, -0.2) is 0 Å². The Labute approximate surface area is 163 Å². The van der Waals surface area contributed by atoms with Gasteiger partial charge in [-0.05, 0) is 42.9 Å². The number of amides is 2. The van der Waals surface area contributed by atoms with Crippen molar-refractivity contribution in [1.29, 1.82) is 0 Å². The number of benzene rings is 1. The highest BCUT2D eigenvalue weighted by Gasteiger charge is 2.28. The Hall–Kier alpha value is -2.09. The van der Waals surface area contributed by atoms with Crippen LogP contribution in [0.3, 0.4) is 0 Å². The predicted octanol–water partition coefficient (Wildman–Crippen LogP) is 4.02. The molecule has 0 saturated carbocycles. The number of nitrogens with zero attached hydrogens (tertiary/aromatic N) is 1. The maximum atomic E-state index is 12.8. The third-order valence-corrected chi connectivity index (χ3v) is 4.65. The smallest absolute Gasteiger partial charge is 0.372 e. The molecule has 1 aliphatic heterocycles. The van der Waals surface area contributed by atoms with Crippen molar-refractivity contribution in [1.82, 2.24) is 4.90 Å². The van der Waals surface area contributed by atoms with Crippen LogP contribution in [0.15, 0.2) is 18.2 Å². The SMILES string of the molecule is Cc1ccc(C(=O)N2CC(C)CC(C)C2)cc1NC(=O)CCOCC(F)(F)F. The summed E-state index contributed by atoms with van der Waals surface area (Å²) < 4.78 is 40.6. The second kappa shape index (κ2) is 9.41. The van der Waals surface area contributed by atoms with Crippen LogP contribution in [0.1, 0.15) is 42.6 Å². The number of aryl methyl sites for hydroxylation is 1. The third-order valence-electron chi connectivity index (χ3n) is 4.65. The largest absolute Gasteiger partial charge is 0.411 e. The minimum Gasteiger partial charge on any atom is -0.372 e. The van der Waals surface area contributed by atoms with Crippen LogP contribution in [0, 0.1) is 18.8 Å². The first-order chi connectivity index (χ1) is 13.0. The van der Waals surface area contributed by atoms with E-state index in [1.54, 1.807) is 25.1 Å². The summed E-state index contributed by atoms with van der Waals surface area (Å²) >= 11 is 0. The van der Waals surface area contributed by atoms with E-state index >= 15 is 0 Å². The number of hydrogen-bond acceptors (Lipinski definition) is 3. The predicted molar refractivity (Wildman–Crippen MR) is 100 cm³/mol. The van der Waals surface area contributed by atoms with Crippen LogP contribution in [0.2, 0.25) is 0 Å². The zero-order valence-corrected chi connectivity index (χ0v) is 16.4. The Morgan fingerprint density at radius 2 is 1.86 bits per heavy atom. The van der Waals surface area contributed by atoms with E-state index in [-0.39, 0.29) is 18.9 Å². The second-order valence-electron chi connectivity index (χ2n) is 7.65. The highest BCUT2D eigenvalue weighted by Crippen LogP contribution is 2.24. The van der Waals surface area contributed by atoms with Crippen molar-refractivity contribution < 1.29 is 27.5 Å². The second-order valence-corrected chi connectivity index (χ2v) is 7.65. The lowest BCUT2D eigenvalue weighted by Gasteiger charge is -2.35. The lowest BCUT2D eigenvalue weighted by molar-refractivity contribution is -0.174. The minimum absolute atomic E-state index is 0.0811. The topological polar surface area (TPSA) is 58.6 Å². The zero-order chi connectivity index (χ0) is 20.9. The molecule has 28 heavy (non-hydrogen) atoms. The van der Waals surface area contributed by atoms with E-state index in [0.29, 0.717) is 36.2 Å². The highest BCUT2D eigenvalue weighted by atomic mass is 19.4. The van der Waals surface area contributed by atoms with Gasteiger partial charge in [0.15, 0.2) is 0 Å². The molecular weight excluding hydrogens is 373 g/mol. The molecule has 2 atom stereocenters. The first kappa shape index (κ1) is 22.2. The van der Waals surface area contributed by atoms with Crippen LogP contribution in [-0.2, 0) is 9.53 Å². The average molecular weight is 400 g/mol. The lowest BCUT2D eigenvalue weighted by Crippen LogP contribution is -2.42. The van der Waals surface area contributed by atoms with Crippen LogP contribution in [0.5, 0.6) is 0 Å². The zero-order valence-electron chi connectivity index (χ0n) is 16.4. The molecule has 1 aromatic carbocycles. The van der Waals surface area contributed by atoms with E-state index in [1.807, 2.05) is 4.90 Å². The molecule has 2 rings (SSSR count). The Balaban J connectivity index is 1.96. The van der Waals surface area contributed by atoms with Crippen molar-refractivity contribution in [2.24, 2.45) is 11.8 Å². The molecular formula is C20H27F3N2O3. The molecule has 2 amide bonds. The van der Waals surface area contributed by atoms with E-state index in [4.69, 9.17) is 0 Å². The fourth-order valence-electron chi connectivity index (χ4n) is 3.47. The number of carbonyl (C=O) groups excluding carboxylic acids is 2. The van der Waals surface area contributed by atoms with Crippen molar-refractivity contribution in [2.45, 2.75) is 39.8 Å². The molecule has 0 radical (unpaired) electrons. The Morgan fingerprint density at radius 3 is 2.46 bits per heavy atom. The van der Waals surface area contributed by atoms with Crippen molar-refractivity contribution in [3.63, 3.8) is 0 Å². The molecule has 1 saturated heterocycles. The summed E-state index contributed by atoms with van der Waals surface area (Å²) in [6, 6.07) is 5.10. The normalized spacial score (nSPS) is 20.1. The molecule has 5 nitrogen and oxygen atoms in total. The third kappa shape index (κ3) is 6.82. The van der Waals surface area contributed by atoms with Crippen LogP contribution >= 0.6 is 0 Å². The number of rotatable bonds is 6. The van der Waals surface area contributed by atoms with Gasteiger partial charge in [-0.1, -0.05) is 19.9 Å². The molecule has 0 bridgehead atoms. The molecule has 1 aliphatic rings. The van der Waals surface area contributed by atoms with Crippen LogP contribution in [0.4, 0.5) is 18.9 Å². The molecule has 156 valence electrons. The van der Waals surface area contributed by atoms with Gasteiger partial charge >= 0.3 is 6.18 Å². The molecule has 0 aliphatic carbocycles. The van der Waals surface area contributed by atoms with E-state index in [1.165, 1.54) is 0 Å². The molecule has 0 spiro atoms. The van der Waals surface area contributed by atoms with Crippen molar-refractivity contribution in [3.8, 4) is 0 Å². The maximum absolute atomic E-state index is 12.8. The van der Waals surface area contributed by atoms with Crippen molar-refractivity contribution in [2.75, 3.05) is 31.6 Å². The number of ether oxygens (including phenoxy) is 1. The summed E-state index contributed by atoms with van der Waals surface area (Å²) in [6.45, 7) is 5.73. The number of anilines is 1. The number of nitrogens with one attached hydrogen (secondary N) is 1. The number of likely N-dealkylation sites (tertiary alicyclic amines) is 1. The molecule has 2 unspecified atom stereocenters. The van der Waals surface area contributed by atoms with Gasteiger partial charge in [-0.2, -0.15) is 13.2 Å². The van der Waals surface area contributed by atoms with Crippen LogP contribution < -0.4 is 5.32 Å². The standard InChI is InChI=1S/C20H27F3N2O3/c1-13-8-14(2)11-25(10-13)19(27)16-5-4-15(3)17(9-16)24-18(26)6-7-28-12-20(21,22)23/h4-5,9,13-14H,6-8,10-12H2,1-3H3,(H,24,26). The van der Waals surface area contributed by atoms with Gasteiger partial charge in [0.2, 0.25) is 5.91 Å². The van der Waals surface area contributed by atoms with Crippen molar-refractivity contribution >= 4 is 17.5 Å². The molecule has 1 fully saturated rings. The summed E-state index contributed by atoms with van der Waals surface area (Å²) in [5.74, 6) is 0.334. The number of piperidine rings is 1. The average Bonchev–Trinajstić information content (AvgIpc) is 2.58. The monoisotopic (exact) mass is 400 g/mol. The van der Waals surface area contributed by atoms with Crippen LogP contribution in [0.25, 0.3) is 0 Å². The fourth-order valence-corrected chi connectivity index (χ4v) is 3.47. The number of alkyl halides is 3. The van der Waals surface area contributed by atoms with E-state index in [2.05, 4.69) is 23.9 Å². The Kier molecular flexibility index (Phi) is 7.46. The van der Waals surface area contributed by atoms with E-state index in [0.717, 1.165) is 12.0 Å². The lowest BCUT2D eigenvalue weighted by atomic mass is 9.91. The summed E-state index contributed by atoms with van der Waals surface area (Å²) in [4.78, 5) is 26.7. The summed E-state index contributed by atoms with van der Waals surface area (Å²) in [5, 5.41) is 2.65. The molecule has 0 aromatic heterocycles. The van der Waals surface area contributed by atoms with Gasteiger partial charge in [0.1, 0.15) is 6.61 Å².